The zero-order valence-corrected chi connectivity index (χ0v) is 19.9. The smallest absolute Gasteiger partial charge is 0.335 e. The number of benzene rings is 2. The van der Waals surface area contributed by atoms with Gasteiger partial charge in [-0.25, -0.2) is 9.69 Å². The van der Waals surface area contributed by atoms with E-state index in [1.54, 1.807) is 18.2 Å². The Bertz CT molecular complexity index is 1270. The van der Waals surface area contributed by atoms with Crippen LogP contribution >= 0.6 is 0 Å². The van der Waals surface area contributed by atoms with Gasteiger partial charge in [0.05, 0.1) is 28.9 Å². The average molecular weight is 479 g/mol. The van der Waals surface area contributed by atoms with Gasteiger partial charge in [0.15, 0.2) is 5.41 Å². The van der Waals surface area contributed by atoms with Crippen molar-refractivity contribution in [3.8, 4) is 0 Å². The van der Waals surface area contributed by atoms with Gasteiger partial charge in [-0.3, -0.25) is 25.0 Å². The Morgan fingerprint density at radius 2 is 1.77 bits per heavy atom. The van der Waals surface area contributed by atoms with Crippen LogP contribution in [0.2, 0.25) is 0 Å². The lowest BCUT2D eigenvalue weighted by Crippen LogP contribution is -2.76. The van der Waals surface area contributed by atoms with E-state index in [4.69, 9.17) is 4.74 Å². The third-order valence-electron chi connectivity index (χ3n) is 7.12. The number of nitro groups is 1. The molecule has 1 spiro atoms. The minimum Gasteiger partial charge on any atom is -0.372 e. The van der Waals surface area contributed by atoms with Crippen LogP contribution < -0.4 is 15.1 Å². The number of non-ortho nitro benzene ring substituents is 1. The fourth-order valence-electron chi connectivity index (χ4n) is 5.94. The van der Waals surface area contributed by atoms with Gasteiger partial charge in [0.25, 0.3) is 11.6 Å². The van der Waals surface area contributed by atoms with Gasteiger partial charge >= 0.3 is 6.03 Å². The van der Waals surface area contributed by atoms with Crippen molar-refractivity contribution in [2.75, 3.05) is 16.3 Å². The predicted octanol–water partition coefficient (Wildman–Crippen LogP) is 3.02. The van der Waals surface area contributed by atoms with Gasteiger partial charge in [-0.2, -0.15) is 0 Å². The highest BCUT2D eigenvalue weighted by atomic mass is 16.6. The molecular weight excluding hydrogens is 452 g/mol. The molecule has 0 saturated carbocycles. The summed E-state index contributed by atoms with van der Waals surface area (Å²) in [7, 11) is 0. The first-order chi connectivity index (χ1) is 16.5. The summed E-state index contributed by atoms with van der Waals surface area (Å²) in [5, 5.41) is 13.9. The molecule has 0 radical (unpaired) electrons. The van der Waals surface area contributed by atoms with E-state index in [1.807, 2.05) is 38.7 Å². The van der Waals surface area contributed by atoms with Crippen molar-refractivity contribution in [3.63, 3.8) is 0 Å². The number of carbonyl (C=O) groups excluding carboxylic acids is 3. The lowest BCUT2D eigenvalue weighted by molar-refractivity contribution is -0.384. The fraction of sp³-hybridized carbons (Fsp3) is 0.400. The second kappa shape index (κ2) is 7.88. The second-order valence-corrected chi connectivity index (χ2v) is 9.71. The maximum absolute atomic E-state index is 14.3. The molecule has 10 heteroatoms. The first kappa shape index (κ1) is 23.0. The Morgan fingerprint density at radius 1 is 1.09 bits per heavy atom. The summed E-state index contributed by atoms with van der Waals surface area (Å²) < 4.78 is 6.08. The molecule has 3 aliphatic heterocycles. The molecule has 4 atom stereocenters. The number of barbiturate groups is 1. The molecule has 1 N–H and O–H groups in total. The zero-order valence-electron chi connectivity index (χ0n) is 19.9. The lowest BCUT2D eigenvalue weighted by Gasteiger charge is -2.56. The number of nitrogens with zero attached hydrogens (tertiary/aromatic N) is 3. The summed E-state index contributed by atoms with van der Waals surface area (Å²) in [4.78, 5) is 54.8. The number of hydrogen-bond acceptors (Lipinski definition) is 7. The van der Waals surface area contributed by atoms with Gasteiger partial charge in [-0.1, -0.05) is 6.07 Å². The maximum Gasteiger partial charge on any atom is 0.335 e. The Hall–Kier alpha value is -3.79. The number of nitro benzene ring substituents is 1. The van der Waals surface area contributed by atoms with Crippen LogP contribution in [-0.4, -0.2) is 47.6 Å². The number of amides is 4. The normalized spacial score (nSPS) is 28.0. The van der Waals surface area contributed by atoms with Gasteiger partial charge < -0.3 is 9.64 Å². The van der Waals surface area contributed by atoms with Crippen molar-refractivity contribution < 1.29 is 24.0 Å². The van der Waals surface area contributed by atoms with E-state index in [0.29, 0.717) is 17.8 Å². The van der Waals surface area contributed by atoms with Gasteiger partial charge in [0, 0.05) is 30.8 Å². The summed E-state index contributed by atoms with van der Waals surface area (Å²) in [6, 6.07) is 8.34. The molecule has 2 aromatic carbocycles. The number of anilines is 2. The molecule has 2 saturated heterocycles. The number of hydrogen-bond donors (Lipinski definition) is 1. The summed E-state index contributed by atoms with van der Waals surface area (Å²) >= 11 is 0. The van der Waals surface area contributed by atoms with E-state index >= 15 is 0 Å². The van der Waals surface area contributed by atoms with Crippen LogP contribution in [0, 0.1) is 29.4 Å². The second-order valence-electron chi connectivity index (χ2n) is 9.71. The van der Waals surface area contributed by atoms with E-state index in [1.165, 1.54) is 12.1 Å². The Labute approximate surface area is 202 Å². The molecule has 2 aromatic rings. The number of ether oxygens (including phenoxy) is 1. The molecule has 0 aliphatic carbocycles. The van der Waals surface area contributed by atoms with Gasteiger partial charge in [-0.05, 0) is 62.6 Å². The highest BCUT2D eigenvalue weighted by Crippen LogP contribution is 2.49. The van der Waals surface area contributed by atoms with Crippen molar-refractivity contribution in [3.05, 3.63) is 63.2 Å². The van der Waals surface area contributed by atoms with Crippen molar-refractivity contribution >= 4 is 34.9 Å². The number of rotatable bonds is 2. The van der Waals surface area contributed by atoms with Crippen LogP contribution in [-0.2, 0) is 20.7 Å². The highest BCUT2D eigenvalue weighted by molar-refractivity contribution is 6.30. The molecule has 182 valence electrons. The molecule has 5 rings (SSSR count). The molecule has 10 nitrogen and oxygen atoms in total. The number of morpholine rings is 1. The largest absolute Gasteiger partial charge is 0.372 e. The van der Waals surface area contributed by atoms with Crippen LogP contribution in [0.3, 0.4) is 0 Å². The monoisotopic (exact) mass is 478 g/mol. The van der Waals surface area contributed by atoms with E-state index < -0.39 is 40.3 Å². The number of nitrogens with one attached hydrogen (secondary N) is 1. The summed E-state index contributed by atoms with van der Waals surface area (Å²) in [6.45, 7) is 7.82. The van der Waals surface area contributed by atoms with E-state index in [-0.39, 0.29) is 18.2 Å². The topological polar surface area (TPSA) is 122 Å². The number of imide groups is 2. The van der Waals surface area contributed by atoms with Gasteiger partial charge in [0.2, 0.25) is 5.91 Å². The molecule has 3 heterocycles. The predicted molar refractivity (Wildman–Crippen MR) is 127 cm³/mol. The zero-order chi connectivity index (χ0) is 25.2. The number of fused-ring (bicyclic) bond motifs is 4. The summed E-state index contributed by atoms with van der Waals surface area (Å²) in [6.07, 6.45) is -0.809. The highest BCUT2D eigenvalue weighted by Gasteiger charge is 2.65. The van der Waals surface area contributed by atoms with Crippen LogP contribution in [0.1, 0.15) is 30.5 Å². The summed E-state index contributed by atoms with van der Waals surface area (Å²) in [5.41, 5.74) is 1.48. The first-order valence-corrected chi connectivity index (χ1v) is 11.5. The Morgan fingerprint density at radius 3 is 2.43 bits per heavy atom. The standard InChI is InChI=1S/C25H26N4O6/c1-13-7-14(2)9-19(8-13)28-23(31)25(22(30)26-24(28)32)11-17-10-18(29(33)34)5-6-20(17)27-12-15(3)35-16(4)21(25)27/h5-10,15-16,21H,11-12H2,1-4H3,(H,26,30,32)/t15-,16-,21-,25+/m0/s1. The summed E-state index contributed by atoms with van der Waals surface area (Å²) in [5.74, 6) is -1.38. The number of aryl methyl sites for hydroxylation is 2. The molecule has 3 aliphatic rings. The maximum atomic E-state index is 14.3. The van der Waals surface area contributed by atoms with Crippen LogP contribution in [0.15, 0.2) is 36.4 Å². The molecule has 0 bridgehead atoms. The molecular formula is C25H26N4O6. The molecule has 0 unspecified atom stereocenters. The average Bonchev–Trinajstić information content (AvgIpc) is 2.76. The van der Waals surface area contributed by atoms with Gasteiger partial charge in [-0.15, -0.1) is 0 Å². The van der Waals surface area contributed by atoms with Crippen molar-refractivity contribution in [2.45, 2.75) is 52.4 Å². The SMILES string of the molecule is Cc1cc(C)cc(N2C(=O)NC(=O)[C@]3(Cc4cc([N+](=O)[O-])ccc4N4C[C@H](C)O[C@@H](C)[C@H]43)C2=O)c1. The van der Waals surface area contributed by atoms with Crippen molar-refractivity contribution in [2.24, 2.45) is 5.41 Å². The molecule has 35 heavy (non-hydrogen) atoms. The third kappa shape index (κ3) is 3.39. The minimum atomic E-state index is -1.71. The lowest BCUT2D eigenvalue weighted by atomic mass is 9.66. The Kier molecular flexibility index (Phi) is 5.17. The molecule has 4 amide bonds. The van der Waals surface area contributed by atoms with Gasteiger partial charge in [0.1, 0.15) is 0 Å². The minimum absolute atomic E-state index is 0.0908. The van der Waals surface area contributed by atoms with Crippen LogP contribution in [0.25, 0.3) is 0 Å². The fourth-order valence-corrected chi connectivity index (χ4v) is 5.94. The quantitative estimate of drug-likeness (QED) is 0.400. The van der Waals surface area contributed by atoms with Crippen LogP contribution in [0.5, 0.6) is 0 Å². The third-order valence-corrected chi connectivity index (χ3v) is 7.12. The number of carbonyl (C=O) groups is 3. The number of urea groups is 1. The first-order valence-electron chi connectivity index (χ1n) is 11.5. The van der Waals surface area contributed by atoms with Crippen molar-refractivity contribution in [1.82, 2.24) is 5.32 Å². The van der Waals surface area contributed by atoms with E-state index in [0.717, 1.165) is 21.7 Å². The van der Waals surface area contributed by atoms with E-state index in [9.17, 15) is 24.5 Å². The molecule has 0 aromatic heterocycles. The van der Waals surface area contributed by atoms with E-state index in [2.05, 4.69) is 5.32 Å². The Balaban J connectivity index is 1.71. The van der Waals surface area contributed by atoms with Crippen LogP contribution in [0.4, 0.5) is 21.9 Å². The molecule has 2 fully saturated rings. The van der Waals surface area contributed by atoms with Crippen molar-refractivity contribution in [1.29, 1.82) is 0 Å².